The van der Waals surface area contributed by atoms with Gasteiger partial charge in [-0.3, -0.25) is 19.2 Å². The number of methoxy groups -OCH3 is 3. The fourth-order valence-electron chi connectivity index (χ4n) is 10.9. The molecule has 364 valence electrons. The largest absolute Gasteiger partial charge is 0.460 e. The number of esters is 1. The number of aliphatic hydroxyl groups excluding tert-OH is 2. The summed E-state index contributed by atoms with van der Waals surface area (Å²) in [4.78, 5) is 72.1. The average molecular weight is 912 g/mol. The lowest BCUT2D eigenvalue weighted by Crippen LogP contribution is -2.65. The number of carbonyl (C=O) groups excluding carboxylic acids is 5. The van der Waals surface area contributed by atoms with Crippen LogP contribution in [0.5, 0.6) is 0 Å². The van der Waals surface area contributed by atoms with E-state index >= 15 is 0 Å². The molecule has 5 rings (SSSR count). The van der Waals surface area contributed by atoms with Gasteiger partial charge in [0, 0.05) is 64.4 Å². The monoisotopic (exact) mass is 912 g/mol. The van der Waals surface area contributed by atoms with Gasteiger partial charge in [-0.1, -0.05) is 64.2 Å². The van der Waals surface area contributed by atoms with Crippen molar-refractivity contribution in [2.75, 3.05) is 27.9 Å². The molecule has 0 aromatic carbocycles. The van der Waals surface area contributed by atoms with E-state index in [1.807, 2.05) is 38.2 Å². The Morgan fingerprint density at radius 3 is 2.26 bits per heavy atom. The van der Waals surface area contributed by atoms with E-state index in [4.69, 9.17) is 23.7 Å². The lowest BCUT2D eigenvalue weighted by atomic mass is 9.68. The van der Waals surface area contributed by atoms with Gasteiger partial charge in [0.15, 0.2) is 5.78 Å². The highest BCUT2D eigenvalue weighted by Gasteiger charge is 2.57. The molecule has 14 heteroatoms. The van der Waals surface area contributed by atoms with Gasteiger partial charge >= 0.3 is 5.97 Å². The van der Waals surface area contributed by atoms with Crippen LogP contribution in [0.15, 0.2) is 47.6 Å². The maximum Gasteiger partial charge on any atom is 0.329 e. The molecule has 1 saturated carbocycles. The first-order valence-electron chi connectivity index (χ1n) is 24.0. The summed E-state index contributed by atoms with van der Waals surface area (Å²) >= 11 is 0. The molecule has 4 heterocycles. The highest BCUT2D eigenvalue weighted by Crippen LogP contribution is 2.45. The highest BCUT2D eigenvalue weighted by atomic mass is 16.6. The Labute approximate surface area is 386 Å². The van der Waals surface area contributed by atoms with Gasteiger partial charge in [-0.05, 0) is 107 Å². The number of piperidine rings is 1. The number of hydrogen-bond acceptors (Lipinski definition) is 13. The van der Waals surface area contributed by atoms with Crippen molar-refractivity contribution in [3.8, 4) is 0 Å². The minimum Gasteiger partial charge on any atom is -0.460 e. The molecule has 3 saturated heterocycles. The predicted molar refractivity (Wildman–Crippen MR) is 243 cm³/mol. The van der Waals surface area contributed by atoms with Crippen LogP contribution in [-0.2, 0) is 47.7 Å². The second kappa shape index (κ2) is 23.6. The van der Waals surface area contributed by atoms with Crippen molar-refractivity contribution in [1.29, 1.82) is 0 Å². The maximum atomic E-state index is 14.5. The Kier molecular flexibility index (Phi) is 19.1. The standard InChI is InChI=1S/C51H77NO13/c1-29-14-11-10-12-15-30(2)41(61-7)27-36-21-19-34(6)51(60,65-36)48(57)49(58)52-23-13-16-37-38(25-35-20-22-39(53)43(26-35)62-8)42(64-50(59)44(37)52)28-40(54)32(4)24-33(5)46(56)47(63-9)45(55)31(3)18-17-29/h10-12,14-15,24,29,31-32,34-39,41-44,46-47,53,56,60H,13,16-23,25-28H2,1-9H3/b12-10+,14-11+,30-15?,33-24+/t29-,31-,32-,34-,35+,36?,37?,38+,39-,41+,42+,43-,44+,46-,47+,51?/m1/s1. The van der Waals surface area contributed by atoms with Gasteiger partial charge in [0.05, 0.1) is 24.4 Å². The zero-order chi connectivity index (χ0) is 47.7. The van der Waals surface area contributed by atoms with Crippen LogP contribution in [0.1, 0.15) is 119 Å². The van der Waals surface area contributed by atoms with Crippen molar-refractivity contribution < 1.29 is 63.0 Å². The summed E-state index contributed by atoms with van der Waals surface area (Å²) in [6, 6.07) is -1.13. The van der Waals surface area contributed by atoms with Gasteiger partial charge in [0.1, 0.15) is 30.1 Å². The van der Waals surface area contributed by atoms with Crippen LogP contribution in [0.25, 0.3) is 0 Å². The number of hydrogen-bond donors (Lipinski definition) is 3. The van der Waals surface area contributed by atoms with E-state index in [1.165, 1.54) is 12.0 Å². The van der Waals surface area contributed by atoms with Crippen molar-refractivity contribution in [3.63, 3.8) is 0 Å². The lowest BCUT2D eigenvalue weighted by molar-refractivity contribution is -0.266. The molecule has 0 aromatic rings. The normalized spacial score (nSPS) is 42.1. The van der Waals surface area contributed by atoms with Crippen LogP contribution in [-0.4, -0.2) is 132 Å². The first kappa shape index (κ1) is 52.6. The summed E-state index contributed by atoms with van der Waals surface area (Å²) < 4.78 is 29.4. The first-order valence-corrected chi connectivity index (χ1v) is 24.0. The zero-order valence-corrected chi connectivity index (χ0v) is 40.2. The minimum atomic E-state index is -2.43. The van der Waals surface area contributed by atoms with E-state index in [9.17, 15) is 39.3 Å². The summed E-state index contributed by atoms with van der Waals surface area (Å²) in [6.45, 7) is 11.0. The van der Waals surface area contributed by atoms with Crippen molar-refractivity contribution in [2.45, 2.75) is 173 Å². The molecule has 5 aliphatic rings. The van der Waals surface area contributed by atoms with Crippen LogP contribution in [0.2, 0.25) is 0 Å². The van der Waals surface area contributed by atoms with Crippen LogP contribution >= 0.6 is 0 Å². The maximum absolute atomic E-state index is 14.5. The third kappa shape index (κ3) is 12.6. The number of ether oxygens (including phenoxy) is 5. The van der Waals surface area contributed by atoms with E-state index < -0.39 is 95.7 Å². The fraction of sp³-hybridized carbons (Fsp3) is 0.745. The molecule has 0 aromatic heterocycles. The van der Waals surface area contributed by atoms with Crippen molar-refractivity contribution in [2.24, 2.45) is 41.4 Å². The van der Waals surface area contributed by atoms with Gasteiger partial charge in [-0.2, -0.15) is 0 Å². The topological polar surface area (TPSA) is 195 Å². The Balaban J connectivity index is 1.49. The minimum absolute atomic E-state index is 0.0544. The Hall–Kier alpha value is -3.37. The number of carbonyl (C=O) groups is 5. The molecular weight excluding hydrogens is 835 g/mol. The number of amides is 1. The number of rotatable bonds is 5. The molecule has 65 heavy (non-hydrogen) atoms. The fourth-order valence-corrected chi connectivity index (χ4v) is 10.9. The third-order valence-electron chi connectivity index (χ3n) is 15.2. The Bertz CT molecular complexity index is 1810. The van der Waals surface area contributed by atoms with Gasteiger partial charge < -0.3 is 43.9 Å². The van der Waals surface area contributed by atoms with E-state index in [-0.39, 0.29) is 42.5 Å². The van der Waals surface area contributed by atoms with Gasteiger partial charge in [-0.15, -0.1) is 0 Å². The van der Waals surface area contributed by atoms with Crippen LogP contribution in [0, 0.1) is 41.4 Å². The number of aliphatic hydroxyl groups is 3. The van der Waals surface area contributed by atoms with Crippen LogP contribution in [0.4, 0.5) is 0 Å². The molecule has 0 spiro atoms. The van der Waals surface area contributed by atoms with Crippen molar-refractivity contribution in [3.05, 3.63) is 47.6 Å². The summed E-state index contributed by atoms with van der Waals surface area (Å²) in [5.74, 6) is -8.22. The molecule has 6 bridgehead atoms. The quantitative estimate of drug-likeness (QED) is 0.171. The lowest BCUT2D eigenvalue weighted by Gasteiger charge is -2.50. The third-order valence-corrected chi connectivity index (χ3v) is 15.2. The summed E-state index contributed by atoms with van der Waals surface area (Å²) in [5, 5.41) is 34.1. The second-order valence-electron chi connectivity index (χ2n) is 19.9. The molecule has 14 nitrogen and oxygen atoms in total. The van der Waals surface area contributed by atoms with E-state index in [2.05, 4.69) is 13.0 Å². The molecular formula is C51H77NO13. The molecule has 0 radical (unpaired) electrons. The van der Waals surface area contributed by atoms with Crippen LogP contribution < -0.4 is 0 Å². The predicted octanol–water partition coefficient (Wildman–Crippen LogP) is 5.79. The van der Waals surface area contributed by atoms with Gasteiger partial charge in [-0.25, -0.2) is 4.79 Å². The Morgan fingerprint density at radius 1 is 0.831 bits per heavy atom. The number of nitrogens with zero attached hydrogens (tertiary/aromatic N) is 1. The SMILES string of the molecule is CO[C@H]1CC2CC[C@@H](C)C(O)(O2)C(=O)C(=O)N2CCCC3[C@H]2C(=O)O[C@@H](CC(=O)[C@H](C)/C=C(\C)[C@@H](O)[C@@H](OC)C(=O)[C@H](C)CC[C@H](C)/C=C/C=C/C=C1C)[C@H]3C[C@@H]1CC[C@@H](O)[C@H](OC)C1. The molecule has 1 amide bonds. The number of allylic oxidation sites excluding steroid dienone is 6. The van der Waals surface area contributed by atoms with Crippen molar-refractivity contribution >= 4 is 29.2 Å². The van der Waals surface area contributed by atoms with E-state index in [1.54, 1.807) is 41.1 Å². The number of Topliss-reactive ketones (excluding diaryl/α,β-unsaturated/α-hetero) is 3. The van der Waals surface area contributed by atoms with Gasteiger partial charge in [0.2, 0.25) is 5.79 Å². The number of fused-ring (bicyclic) bond motifs is 3. The van der Waals surface area contributed by atoms with Gasteiger partial charge in [0.25, 0.3) is 11.7 Å². The summed E-state index contributed by atoms with van der Waals surface area (Å²) in [6.07, 6.45) is 11.9. The molecule has 16 atom stereocenters. The number of ketones is 3. The second-order valence-corrected chi connectivity index (χ2v) is 19.9. The smallest absolute Gasteiger partial charge is 0.329 e. The molecule has 1 aliphatic carbocycles. The molecule has 3 N–H and O–H groups in total. The zero-order valence-electron chi connectivity index (χ0n) is 40.2. The average Bonchev–Trinajstić information content (AvgIpc) is 3.28. The molecule has 4 aliphatic heterocycles. The van der Waals surface area contributed by atoms with Crippen molar-refractivity contribution in [1.82, 2.24) is 4.90 Å². The first-order chi connectivity index (χ1) is 30.8. The summed E-state index contributed by atoms with van der Waals surface area (Å²) in [7, 11) is 4.54. The molecule has 4 fully saturated rings. The van der Waals surface area contributed by atoms with Crippen LogP contribution in [0.3, 0.4) is 0 Å². The van der Waals surface area contributed by atoms with E-state index in [0.29, 0.717) is 69.8 Å². The molecule has 3 unspecified atom stereocenters. The highest BCUT2D eigenvalue weighted by molar-refractivity contribution is 6.39. The Morgan fingerprint density at radius 2 is 1.57 bits per heavy atom. The van der Waals surface area contributed by atoms with E-state index in [0.717, 1.165) is 12.0 Å². The summed E-state index contributed by atoms with van der Waals surface area (Å²) in [5.41, 5.74) is 1.30.